The summed E-state index contributed by atoms with van der Waals surface area (Å²) in [5, 5.41) is 8.90. The molecule has 0 atom stereocenters. The van der Waals surface area contributed by atoms with Gasteiger partial charge in [-0.25, -0.2) is 8.42 Å². The number of carbonyl (C=O) groups excluding carboxylic acids is 1. The Balaban J connectivity index is 1.48. The largest absolute Gasteiger partial charge is 0.416 e. The normalized spacial score (nSPS) is 13.6. The molecule has 36 heavy (non-hydrogen) atoms. The first-order chi connectivity index (χ1) is 17.1. The summed E-state index contributed by atoms with van der Waals surface area (Å²) >= 11 is 0. The van der Waals surface area contributed by atoms with Gasteiger partial charge in [-0.05, 0) is 78.9 Å². The van der Waals surface area contributed by atoms with Gasteiger partial charge in [-0.3, -0.25) is 9.52 Å². The predicted octanol–water partition coefficient (Wildman–Crippen LogP) is 5.29. The smallest absolute Gasteiger partial charge is 0.312 e. The number of nitrogens with one attached hydrogen (secondary N) is 1. The van der Waals surface area contributed by atoms with Crippen LogP contribution in [0.2, 0.25) is 0 Å². The molecule has 0 unspecified atom stereocenters. The average molecular weight is 514 g/mol. The van der Waals surface area contributed by atoms with E-state index in [1.807, 2.05) is 12.1 Å². The maximum atomic E-state index is 13.0. The number of rotatable bonds is 6. The van der Waals surface area contributed by atoms with Crippen LogP contribution in [0.5, 0.6) is 0 Å². The third-order valence-corrected chi connectivity index (χ3v) is 7.31. The first-order valence-corrected chi connectivity index (χ1v) is 12.7. The molecular weight excluding hydrogens is 491 g/mol. The van der Waals surface area contributed by atoms with Crippen molar-refractivity contribution in [1.82, 2.24) is 0 Å². The standard InChI is InChI=1S/C26H22F3N3O3S/c27-26(28,29)21-4-1-5-23(16-21)36(34,35)31-22-11-12-24-20(15-22)3-2-14-32(24)25(33)13-10-18-6-8-19(17-30)9-7-18/h1,4-9,11-12,15-16,31H,2-3,10,13-14H2. The molecule has 1 aliphatic heterocycles. The molecule has 4 rings (SSSR count). The third-order valence-electron chi connectivity index (χ3n) is 5.93. The van der Waals surface area contributed by atoms with E-state index in [1.165, 1.54) is 6.07 Å². The number of nitrogens with zero attached hydrogens (tertiary/aromatic N) is 2. The van der Waals surface area contributed by atoms with Gasteiger partial charge < -0.3 is 4.90 Å². The summed E-state index contributed by atoms with van der Waals surface area (Å²) in [6.45, 7) is 0.536. The van der Waals surface area contributed by atoms with Crippen molar-refractivity contribution < 1.29 is 26.4 Å². The summed E-state index contributed by atoms with van der Waals surface area (Å²) < 4.78 is 66.8. The lowest BCUT2D eigenvalue weighted by molar-refractivity contribution is -0.137. The van der Waals surface area contributed by atoms with E-state index < -0.39 is 26.7 Å². The molecule has 3 aromatic carbocycles. The van der Waals surface area contributed by atoms with Crippen LogP contribution in [0.4, 0.5) is 24.5 Å². The Labute approximate surface area is 207 Å². The van der Waals surface area contributed by atoms with Crippen molar-refractivity contribution in [1.29, 1.82) is 5.26 Å². The number of alkyl halides is 3. The maximum Gasteiger partial charge on any atom is 0.416 e. The lowest BCUT2D eigenvalue weighted by atomic mass is 10.00. The van der Waals surface area contributed by atoms with Crippen molar-refractivity contribution >= 4 is 27.3 Å². The van der Waals surface area contributed by atoms with E-state index in [0.717, 1.165) is 29.3 Å². The van der Waals surface area contributed by atoms with Crippen LogP contribution in [0.1, 0.15) is 35.1 Å². The number of anilines is 2. The maximum absolute atomic E-state index is 13.0. The van der Waals surface area contributed by atoms with Crippen LogP contribution in [0.15, 0.2) is 71.6 Å². The highest BCUT2D eigenvalue weighted by Crippen LogP contribution is 2.33. The number of fused-ring (bicyclic) bond motifs is 1. The quantitative estimate of drug-likeness (QED) is 0.485. The number of hydrogen-bond donors (Lipinski definition) is 1. The van der Waals surface area contributed by atoms with Crippen molar-refractivity contribution in [3.63, 3.8) is 0 Å². The number of nitriles is 1. The molecule has 10 heteroatoms. The minimum absolute atomic E-state index is 0.0717. The zero-order chi connectivity index (χ0) is 25.9. The fourth-order valence-electron chi connectivity index (χ4n) is 4.11. The first-order valence-electron chi connectivity index (χ1n) is 11.2. The Morgan fingerprint density at radius 3 is 2.50 bits per heavy atom. The topological polar surface area (TPSA) is 90.3 Å². The SMILES string of the molecule is N#Cc1ccc(CCC(=O)N2CCCc3cc(NS(=O)(=O)c4cccc(C(F)(F)F)c4)ccc32)cc1. The predicted molar refractivity (Wildman–Crippen MR) is 129 cm³/mol. The molecule has 3 aromatic rings. The van der Waals surface area contributed by atoms with Crippen molar-refractivity contribution in [2.45, 2.75) is 36.8 Å². The van der Waals surface area contributed by atoms with E-state index in [0.29, 0.717) is 43.1 Å². The third kappa shape index (κ3) is 5.69. The Morgan fingerprint density at radius 2 is 1.81 bits per heavy atom. The van der Waals surface area contributed by atoms with Gasteiger partial charge in [0, 0.05) is 24.3 Å². The zero-order valence-electron chi connectivity index (χ0n) is 19.0. The molecule has 0 aliphatic carbocycles. The molecule has 186 valence electrons. The second kappa shape index (κ2) is 10.0. The lowest BCUT2D eigenvalue weighted by Crippen LogP contribution is -2.35. The highest BCUT2D eigenvalue weighted by molar-refractivity contribution is 7.92. The summed E-state index contributed by atoms with van der Waals surface area (Å²) in [5.41, 5.74) is 2.11. The van der Waals surface area contributed by atoms with Gasteiger partial charge in [0.25, 0.3) is 10.0 Å². The molecule has 1 aliphatic rings. The number of hydrogen-bond acceptors (Lipinski definition) is 4. The second-order valence-corrected chi connectivity index (χ2v) is 10.1. The van der Waals surface area contributed by atoms with Crippen LogP contribution in [0.3, 0.4) is 0 Å². The number of aryl methyl sites for hydroxylation is 2. The van der Waals surface area contributed by atoms with Crippen LogP contribution in [-0.4, -0.2) is 20.9 Å². The molecular formula is C26H22F3N3O3S. The highest BCUT2D eigenvalue weighted by atomic mass is 32.2. The van der Waals surface area contributed by atoms with Crippen molar-refractivity contribution in [3.05, 3.63) is 89.0 Å². The van der Waals surface area contributed by atoms with E-state index >= 15 is 0 Å². The second-order valence-electron chi connectivity index (χ2n) is 8.43. The van der Waals surface area contributed by atoms with Crippen LogP contribution in [0.25, 0.3) is 0 Å². The summed E-state index contributed by atoms with van der Waals surface area (Å²) in [6.07, 6.45) is -2.54. The Bertz CT molecular complexity index is 1430. The van der Waals surface area contributed by atoms with Gasteiger partial charge in [-0.15, -0.1) is 0 Å². The summed E-state index contributed by atoms with van der Waals surface area (Å²) in [4.78, 5) is 14.1. The number of halogens is 3. The van der Waals surface area contributed by atoms with Gasteiger partial charge in [0.05, 0.1) is 22.1 Å². The number of carbonyl (C=O) groups is 1. The number of benzene rings is 3. The lowest BCUT2D eigenvalue weighted by Gasteiger charge is -2.30. The minimum atomic E-state index is -4.66. The Hall–Kier alpha value is -3.84. The highest BCUT2D eigenvalue weighted by Gasteiger charge is 2.32. The molecule has 0 fully saturated rings. The van der Waals surface area contributed by atoms with E-state index in [1.54, 1.807) is 29.2 Å². The fraction of sp³-hybridized carbons (Fsp3) is 0.231. The van der Waals surface area contributed by atoms with Crippen molar-refractivity contribution in [3.8, 4) is 6.07 Å². The van der Waals surface area contributed by atoms with Crippen LogP contribution in [-0.2, 0) is 33.8 Å². The van der Waals surface area contributed by atoms with Crippen LogP contribution in [0, 0.1) is 11.3 Å². The summed E-state index contributed by atoms with van der Waals surface area (Å²) in [7, 11) is -4.25. The molecule has 0 bridgehead atoms. The monoisotopic (exact) mass is 513 g/mol. The van der Waals surface area contributed by atoms with E-state index in [4.69, 9.17) is 5.26 Å². The van der Waals surface area contributed by atoms with Gasteiger partial charge in [0.1, 0.15) is 0 Å². The van der Waals surface area contributed by atoms with Gasteiger partial charge in [0.2, 0.25) is 5.91 Å². The molecule has 0 radical (unpaired) electrons. The minimum Gasteiger partial charge on any atom is -0.312 e. The molecule has 0 saturated heterocycles. The van der Waals surface area contributed by atoms with Gasteiger partial charge >= 0.3 is 6.18 Å². The van der Waals surface area contributed by atoms with Crippen LogP contribution < -0.4 is 9.62 Å². The van der Waals surface area contributed by atoms with Gasteiger partial charge in [-0.2, -0.15) is 18.4 Å². The first kappa shape index (κ1) is 25.3. The van der Waals surface area contributed by atoms with Gasteiger partial charge in [0.15, 0.2) is 0 Å². The molecule has 6 nitrogen and oxygen atoms in total. The molecule has 1 heterocycles. The summed E-state index contributed by atoms with van der Waals surface area (Å²) in [6, 6.07) is 17.4. The number of sulfonamides is 1. The molecule has 1 N–H and O–H groups in total. The molecule has 1 amide bonds. The van der Waals surface area contributed by atoms with Crippen molar-refractivity contribution in [2.75, 3.05) is 16.2 Å². The number of amides is 1. The van der Waals surface area contributed by atoms with E-state index in [2.05, 4.69) is 10.8 Å². The zero-order valence-corrected chi connectivity index (χ0v) is 19.9. The van der Waals surface area contributed by atoms with Crippen molar-refractivity contribution in [2.24, 2.45) is 0 Å². The fourth-order valence-corrected chi connectivity index (χ4v) is 5.20. The molecule has 0 spiro atoms. The van der Waals surface area contributed by atoms with Crippen LogP contribution >= 0.6 is 0 Å². The van der Waals surface area contributed by atoms with Gasteiger partial charge in [-0.1, -0.05) is 18.2 Å². The van der Waals surface area contributed by atoms with E-state index in [-0.39, 0.29) is 18.0 Å². The molecule has 0 aromatic heterocycles. The Kier molecular flexibility index (Phi) is 7.04. The summed E-state index contributed by atoms with van der Waals surface area (Å²) in [5.74, 6) is -0.0717. The molecule has 0 saturated carbocycles. The average Bonchev–Trinajstić information content (AvgIpc) is 2.86. The Morgan fingerprint density at radius 1 is 1.06 bits per heavy atom. The van der Waals surface area contributed by atoms with E-state index in [9.17, 15) is 26.4 Å².